The van der Waals surface area contributed by atoms with Gasteiger partial charge in [-0.1, -0.05) is 17.7 Å². The molecule has 1 N–H and O–H groups in total. The molecule has 1 unspecified atom stereocenters. The van der Waals surface area contributed by atoms with Crippen LogP contribution in [0, 0.1) is 5.92 Å². The molecule has 0 aromatic carbocycles. The quantitative estimate of drug-likeness (QED) is 0.857. The summed E-state index contributed by atoms with van der Waals surface area (Å²) in [5.74, 6) is 0.0866. The van der Waals surface area contributed by atoms with E-state index < -0.39 is 0 Å². The maximum atomic E-state index is 12.5. The number of nitrogens with one attached hydrogen (secondary N) is 1. The van der Waals surface area contributed by atoms with Crippen molar-refractivity contribution in [1.82, 2.24) is 15.2 Å². The summed E-state index contributed by atoms with van der Waals surface area (Å²) in [6.07, 6.45) is 10.1. The van der Waals surface area contributed by atoms with E-state index in [0.717, 1.165) is 25.7 Å². The minimum Gasteiger partial charge on any atom is -0.350 e. The van der Waals surface area contributed by atoms with Gasteiger partial charge < -0.3 is 10.2 Å². The van der Waals surface area contributed by atoms with Crippen LogP contribution in [0.1, 0.15) is 55.9 Å². The molecule has 5 heteroatoms. The van der Waals surface area contributed by atoms with Gasteiger partial charge in [0, 0.05) is 31.2 Å². The van der Waals surface area contributed by atoms with Crippen LogP contribution in [0.25, 0.3) is 0 Å². The predicted molar refractivity (Wildman–Crippen MR) is 97.0 cm³/mol. The molecule has 5 nitrogen and oxygen atoms in total. The number of rotatable bonds is 4. The highest BCUT2D eigenvalue weighted by atomic mass is 16.2. The van der Waals surface area contributed by atoms with E-state index in [1.165, 1.54) is 18.4 Å². The lowest BCUT2D eigenvalue weighted by atomic mass is 9.92. The minimum absolute atomic E-state index is 0.000534. The molecule has 1 aliphatic heterocycles. The molecule has 0 radical (unpaired) electrons. The Morgan fingerprint density at radius 1 is 1.24 bits per heavy atom. The number of aromatic nitrogens is 1. The Morgan fingerprint density at radius 2 is 2.04 bits per heavy atom. The molecule has 0 saturated carbocycles. The van der Waals surface area contributed by atoms with E-state index in [1.54, 1.807) is 23.2 Å². The minimum atomic E-state index is -0.0415. The summed E-state index contributed by atoms with van der Waals surface area (Å²) in [5.41, 5.74) is 1.84. The van der Waals surface area contributed by atoms with Gasteiger partial charge in [0.2, 0.25) is 5.91 Å². The molecule has 0 spiro atoms. The average Bonchev–Trinajstić information content (AvgIpc) is 2.69. The fraction of sp³-hybridized carbons (Fsp3) is 0.550. The zero-order chi connectivity index (χ0) is 17.6. The number of nitrogens with zero attached hydrogens (tertiary/aromatic N) is 2. The molecule has 2 heterocycles. The van der Waals surface area contributed by atoms with Gasteiger partial charge in [0.05, 0.1) is 0 Å². The number of likely N-dealkylation sites (tertiary alicyclic amines) is 1. The lowest BCUT2D eigenvalue weighted by molar-refractivity contribution is -0.126. The van der Waals surface area contributed by atoms with Gasteiger partial charge in [-0.05, 0) is 57.6 Å². The first kappa shape index (κ1) is 17.6. The summed E-state index contributed by atoms with van der Waals surface area (Å²) < 4.78 is 0. The van der Waals surface area contributed by atoms with E-state index in [9.17, 15) is 9.59 Å². The zero-order valence-corrected chi connectivity index (χ0v) is 14.9. The first-order valence-electron chi connectivity index (χ1n) is 9.35. The summed E-state index contributed by atoms with van der Waals surface area (Å²) in [5, 5.41) is 3.17. The molecule has 3 rings (SSSR count). The van der Waals surface area contributed by atoms with Gasteiger partial charge in [0.1, 0.15) is 5.69 Å². The van der Waals surface area contributed by atoms with Gasteiger partial charge in [-0.15, -0.1) is 0 Å². The summed E-state index contributed by atoms with van der Waals surface area (Å²) in [7, 11) is 0. The smallest absolute Gasteiger partial charge is 0.272 e. The van der Waals surface area contributed by atoms with Crippen LogP contribution in [-0.4, -0.2) is 40.8 Å². The number of carbonyl (C=O) groups is 2. The normalized spacial score (nSPS) is 19.9. The van der Waals surface area contributed by atoms with Crippen LogP contribution in [0.4, 0.5) is 0 Å². The van der Waals surface area contributed by atoms with Crippen molar-refractivity contribution in [2.45, 2.75) is 51.5 Å². The highest BCUT2D eigenvalue weighted by Gasteiger charge is 2.29. The maximum Gasteiger partial charge on any atom is 0.272 e. The van der Waals surface area contributed by atoms with Crippen LogP contribution in [0.5, 0.6) is 0 Å². The molecular formula is C20H27N3O2. The van der Waals surface area contributed by atoms with Gasteiger partial charge in [0.25, 0.3) is 5.91 Å². The molecule has 1 aliphatic carbocycles. The Hall–Kier alpha value is -2.17. The van der Waals surface area contributed by atoms with Gasteiger partial charge in [-0.25, -0.2) is 0 Å². The number of amides is 2. The molecule has 0 bridgehead atoms. The third-order valence-corrected chi connectivity index (χ3v) is 5.28. The molecule has 1 fully saturated rings. The average molecular weight is 341 g/mol. The molecule has 1 atom stereocenters. The van der Waals surface area contributed by atoms with Gasteiger partial charge in [-0.2, -0.15) is 0 Å². The van der Waals surface area contributed by atoms with E-state index in [0.29, 0.717) is 18.8 Å². The Kier molecular flexibility index (Phi) is 5.84. The zero-order valence-electron chi connectivity index (χ0n) is 14.9. The van der Waals surface area contributed by atoms with E-state index in [2.05, 4.69) is 23.3 Å². The fourth-order valence-corrected chi connectivity index (χ4v) is 3.68. The van der Waals surface area contributed by atoms with Crippen molar-refractivity contribution in [2.24, 2.45) is 5.92 Å². The standard InChI is InChI=1S/C20H27N3O2/c1-15(16-7-3-2-4-8-16)22-19(24)17-10-13-23(14-11-17)20(25)18-9-5-6-12-21-18/h5-7,9,12,15,17H,2-4,8,10-11,13-14H2,1H3,(H,22,24). The van der Waals surface area contributed by atoms with Crippen molar-refractivity contribution in [2.75, 3.05) is 13.1 Å². The molecule has 2 aliphatic rings. The van der Waals surface area contributed by atoms with Crippen molar-refractivity contribution >= 4 is 11.8 Å². The van der Waals surface area contributed by atoms with Crippen LogP contribution in [0.15, 0.2) is 36.0 Å². The second kappa shape index (κ2) is 8.28. The summed E-state index contributed by atoms with van der Waals surface area (Å²) in [6.45, 7) is 3.31. The molecule has 1 aromatic rings. The molecule has 134 valence electrons. The van der Waals surface area contributed by atoms with E-state index in [-0.39, 0.29) is 23.8 Å². The summed E-state index contributed by atoms with van der Waals surface area (Å²) in [4.78, 5) is 30.9. The van der Waals surface area contributed by atoms with Crippen LogP contribution >= 0.6 is 0 Å². The van der Waals surface area contributed by atoms with E-state index in [4.69, 9.17) is 0 Å². The largest absolute Gasteiger partial charge is 0.350 e. The van der Waals surface area contributed by atoms with Crippen molar-refractivity contribution in [3.63, 3.8) is 0 Å². The number of piperidine rings is 1. The Morgan fingerprint density at radius 3 is 2.68 bits per heavy atom. The third-order valence-electron chi connectivity index (χ3n) is 5.28. The number of pyridine rings is 1. The maximum absolute atomic E-state index is 12.5. The van der Waals surface area contributed by atoms with Crippen LogP contribution < -0.4 is 5.32 Å². The highest BCUT2D eigenvalue weighted by molar-refractivity contribution is 5.92. The Balaban J connectivity index is 1.49. The number of allylic oxidation sites excluding steroid dienone is 1. The summed E-state index contributed by atoms with van der Waals surface area (Å²) in [6, 6.07) is 5.49. The third kappa shape index (κ3) is 4.47. The SMILES string of the molecule is CC(NC(=O)C1CCN(C(=O)c2ccccn2)CC1)C1=CCCCC1. The van der Waals surface area contributed by atoms with Crippen molar-refractivity contribution < 1.29 is 9.59 Å². The van der Waals surface area contributed by atoms with E-state index >= 15 is 0 Å². The van der Waals surface area contributed by atoms with Crippen LogP contribution in [0.2, 0.25) is 0 Å². The second-order valence-corrected chi connectivity index (χ2v) is 7.04. The summed E-state index contributed by atoms with van der Waals surface area (Å²) >= 11 is 0. The molecule has 2 amide bonds. The van der Waals surface area contributed by atoms with Crippen molar-refractivity contribution in [3.05, 3.63) is 41.7 Å². The number of hydrogen-bond acceptors (Lipinski definition) is 3. The van der Waals surface area contributed by atoms with Crippen molar-refractivity contribution in [1.29, 1.82) is 0 Å². The first-order valence-corrected chi connectivity index (χ1v) is 9.35. The number of carbonyl (C=O) groups excluding carboxylic acids is 2. The molecule has 1 saturated heterocycles. The lowest BCUT2D eigenvalue weighted by Crippen LogP contribution is -2.45. The molecule has 1 aromatic heterocycles. The highest BCUT2D eigenvalue weighted by Crippen LogP contribution is 2.22. The van der Waals surface area contributed by atoms with E-state index in [1.807, 2.05) is 6.07 Å². The molecule has 25 heavy (non-hydrogen) atoms. The fourth-order valence-electron chi connectivity index (χ4n) is 3.68. The van der Waals surface area contributed by atoms with Crippen LogP contribution in [0.3, 0.4) is 0 Å². The van der Waals surface area contributed by atoms with Gasteiger partial charge >= 0.3 is 0 Å². The predicted octanol–water partition coefficient (Wildman–Crippen LogP) is 2.94. The first-order chi connectivity index (χ1) is 12.1. The topological polar surface area (TPSA) is 62.3 Å². The van der Waals surface area contributed by atoms with Crippen LogP contribution in [-0.2, 0) is 4.79 Å². The Bertz CT molecular complexity index is 634. The second-order valence-electron chi connectivity index (χ2n) is 7.04. The van der Waals surface area contributed by atoms with Gasteiger partial charge in [-0.3, -0.25) is 14.6 Å². The monoisotopic (exact) mass is 341 g/mol. The van der Waals surface area contributed by atoms with Gasteiger partial charge in [0.15, 0.2) is 0 Å². The lowest BCUT2D eigenvalue weighted by Gasteiger charge is -2.32. The van der Waals surface area contributed by atoms with Crippen molar-refractivity contribution in [3.8, 4) is 0 Å². The number of hydrogen-bond donors (Lipinski definition) is 1. The molecular weight excluding hydrogens is 314 g/mol. The Labute approximate surface area is 149 Å².